The molecular weight excluding hydrogens is 282 g/mol. The zero-order valence-corrected chi connectivity index (χ0v) is 13.6. The van der Waals surface area contributed by atoms with Gasteiger partial charge in [-0.1, -0.05) is 43.2 Å². The van der Waals surface area contributed by atoms with Gasteiger partial charge in [0.15, 0.2) is 0 Å². The number of aryl methyl sites for hydroxylation is 1. The average Bonchev–Trinajstić information content (AvgIpc) is 3.22. The van der Waals surface area contributed by atoms with E-state index in [-0.39, 0.29) is 11.7 Å². The second-order valence-electron chi connectivity index (χ2n) is 7.33. The van der Waals surface area contributed by atoms with E-state index in [1.807, 2.05) is 0 Å². The molecule has 0 saturated heterocycles. The van der Waals surface area contributed by atoms with Crippen LogP contribution in [0.25, 0.3) is 0 Å². The predicted molar refractivity (Wildman–Crippen MR) is 90.4 cm³/mol. The first-order valence-corrected chi connectivity index (χ1v) is 9.11. The molecule has 1 fully saturated rings. The van der Waals surface area contributed by atoms with E-state index in [1.165, 1.54) is 72.9 Å². The van der Waals surface area contributed by atoms with Crippen molar-refractivity contribution in [1.29, 1.82) is 0 Å². The summed E-state index contributed by atoms with van der Waals surface area (Å²) >= 11 is 0. The highest BCUT2D eigenvalue weighted by Gasteiger charge is 2.49. The number of aromatic nitrogens is 1. The monoisotopic (exact) mass is 305 g/mol. The Kier molecular flexibility index (Phi) is 3.09. The number of rotatable bonds is 1. The van der Waals surface area contributed by atoms with Crippen molar-refractivity contribution in [2.45, 2.75) is 63.1 Å². The van der Waals surface area contributed by atoms with E-state index in [1.54, 1.807) is 0 Å². The van der Waals surface area contributed by atoms with Crippen molar-refractivity contribution in [2.24, 2.45) is 0 Å². The normalized spacial score (nSPS) is 24.6. The van der Waals surface area contributed by atoms with Gasteiger partial charge < -0.3 is 4.74 Å². The molecule has 1 aromatic heterocycles. The van der Waals surface area contributed by atoms with Gasteiger partial charge in [0, 0.05) is 17.5 Å². The Morgan fingerprint density at radius 3 is 2.57 bits per heavy atom. The van der Waals surface area contributed by atoms with Gasteiger partial charge in [0.2, 0.25) is 0 Å². The molecule has 0 bridgehead atoms. The molecule has 118 valence electrons. The summed E-state index contributed by atoms with van der Waals surface area (Å²) in [4.78, 5) is 4.84. The van der Waals surface area contributed by atoms with Gasteiger partial charge >= 0.3 is 0 Å². The van der Waals surface area contributed by atoms with Crippen LogP contribution in [0.5, 0.6) is 0 Å². The fourth-order valence-corrected chi connectivity index (χ4v) is 4.96. The van der Waals surface area contributed by atoms with Crippen molar-refractivity contribution in [1.82, 2.24) is 4.98 Å². The van der Waals surface area contributed by atoms with Crippen LogP contribution in [0.2, 0.25) is 0 Å². The Balaban J connectivity index is 1.71. The van der Waals surface area contributed by atoms with E-state index in [4.69, 9.17) is 9.72 Å². The molecule has 0 radical (unpaired) electrons. The van der Waals surface area contributed by atoms with Crippen LogP contribution in [0.1, 0.15) is 72.6 Å². The maximum atomic E-state index is 6.79. The summed E-state index contributed by atoms with van der Waals surface area (Å²) in [5, 5.41) is 0. The number of pyridine rings is 1. The maximum absolute atomic E-state index is 6.79. The lowest BCUT2D eigenvalue weighted by Gasteiger charge is -2.29. The molecule has 1 aliphatic heterocycles. The molecule has 1 atom stereocenters. The molecule has 5 rings (SSSR count). The topological polar surface area (TPSA) is 22.1 Å². The SMILES string of the molecule is c1ccc(C2OC3(CCCC3)c3c2cnc2c3CCCC2)cc1. The number of hydrogen-bond acceptors (Lipinski definition) is 2. The number of nitrogens with zero attached hydrogens (tertiary/aromatic N) is 1. The number of benzene rings is 1. The Hall–Kier alpha value is -1.67. The van der Waals surface area contributed by atoms with Crippen molar-refractivity contribution >= 4 is 0 Å². The molecule has 2 aromatic rings. The molecule has 1 unspecified atom stereocenters. The first-order chi connectivity index (χ1) is 11.4. The lowest BCUT2D eigenvalue weighted by atomic mass is 9.81. The summed E-state index contributed by atoms with van der Waals surface area (Å²) < 4.78 is 6.79. The van der Waals surface area contributed by atoms with Crippen LogP contribution in [-0.2, 0) is 23.2 Å². The Morgan fingerprint density at radius 1 is 0.957 bits per heavy atom. The van der Waals surface area contributed by atoms with Crippen LogP contribution in [-0.4, -0.2) is 4.98 Å². The highest BCUT2D eigenvalue weighted by Crippen LogP contribution is 2.55. The van der Waals surface area contributed by atoms with E-state index >= 15 is 0 Å². The summed E-state index contributed by atoms with van der Waals surface area (Å²) in [6, 6.07) is 10.7. The van der Waals surface area contributed by atoms with E-state index in [9.17, 15) is 0 Å². The van der Waals surface area contributed by atoms with Gasteiger partial charge in [-0.05, 0) is 55.2 Å². The minimum atomic E-state index is -0.0276. The number of ether oxygens (including phenoxy) is 1. The third-order valence-electron chi connectivity index (χ3n) is 5.98. The van der Waals surface area contributed by atoms with E-state index in [0.717, 1.165) is 6.42 Å². The van der Waals surface area contributed by atoms with Gasteiger partial charge in [0.25, 0.3) is 0 Å². The molecule has 0 N–H and O–H groups in total. The number of fused-ring (bicyclic) bond motifs is 4. The first-order valence-electron chi connectivity index (χ1n) is 9.11. The van der Waals surface area contributed by atoms with E-state index in [2.05, 4.69) is 36.5 Å². The highest BCUT2D eigenvalue weighted by molar-refractivity contribution is 5.49. The molecule has 3 aliphatic rings. The largest absolute Gasteiger partial charge is 0.358 e. The van der Waals surface area contributed by atoms with Gasteiger partial charge in [-0.3, -0.25) is 4.98 Å². The minimum Gasteiger partial charge on any atom is -0.358 e. The summed E-state index contributed by atoms with van der Waals surface area (Å²) in [7, 11) is 0. The second kappa shape index (κ2) is 5.17. The summed E-state index contributed by atoms with van der Waals surface area (Å²) in [6.45, 7) is 0. The minimum absolute atomic E-state index is 0.0276. The van der Waals surface area contributed by atoms with Crippen LogP contribution >= 0.6 is 0 Å². The quantitative estimate of drug-likeness (QED) is 0.751. The lowest BCUT2D eigenvalue weighted by molar-refractivity contribution is -0.0567. The molecule has 2 nitrogen and oxygen atoms in total. The van der Waals surface area contributed by atoms with Crippen molar-refractivity contribution in [2.75, 3.05) is 0 Å². The maximum Gasteiger partial charge on any atom is 0.111 e. The summed E-state index contributed by atoms with van der Waals surface area (Å²) in [5.74, 6) is 0. The van der Waals surface area contributed by atoms with Crippen molar-refractivity contribution in [3.63, 3.8) is 0 Å². The van der Waals surface area contributed by atoms with E-state index < -0.39 is 0 Å². The van der Waals surface area contributed by atoms with Crippen LogP contribution in [0.3, 0.4) is 0 Å². The van der Waals surface area contributed by atoms with Gasteiger partial charge in [0.05, 0.1) is 5.60 Å². The fraction of sp³-hybridized carbons (Fsp3) is 0.476. The smallest absolute Gasteiger partial charge is 0.111 e. The molecule has 2 aliphatic carbocycles. The average molecular weight is 305 g/mol. The highest BCUT2D eigenvalue weighted by atomic mass is 16.5. The van der Waals surface area contributed by atoms with Gasteiger partial charge in [-0.15, -0.1) is 0 Å². The third kappa shape index (κ3) is 2.01. The zero-order chi connectivity index (χ0) is 15.3. The zero-order valence-electron chi connectivity index (χ0n) is 13.6. The number of hydrogen-bond donors (Lipinski definition) is 0. The van der Waals surface area contributed by atoms with Crippen LogP contribution in [0.4, 0.5) is 0 Å². The summed E-state index contributed by atoms with van der Waals surface area (Å²) in [5.41, 5.74) is 7.01. The van der Waals surface area contributed by atoms with Crippen LogP contribution in [0.15, 0.2) is 36.5 Å². The molecule has 1 aromatic carbocycles. The molecule has 1 spiro atoms. The third-order valence-corrected chi connectivity index (χ3v) is 5.98. The van der Waals surface area contributed by atoms with Crippen molar-refractivity contribution < 1.29 is 4.74 Å². The molecule has 23 heavy (non-hydrogen) atoms. The van der Waals surface area contributed by atoms with E-state index in [0.29, 0.717) is 0 Å². The van der Waals surface area contributed by atoms with Crippen molar-refractivity contribution in [3.8, 4) is 0 Å². The van der Waals surface area contributed by atoms with Gasteiger partial charge in [-0.25, -0.2) is 0 Å². The Morgan fingerprint density at radius 2 is 1.74 bits per heavy atom. The Labute approximate surface area is 137 Å². The first kappa shape index (κ1) is 13.7. The Bertz CT molecular complexity index is 731. The lowest BCUT2D eigenvalue weighted by Crippen LogP contribution is -2.24. The van der Waals surface area contributed by atoms with Crippen LogP contribution < -0.4 is 0 Å². The molecule has 2 heterocycles. The molecule has 0 amide bonds. The van der Waals surface area contributed by atoms with Gasteiger partial charge in [0.1, 0.15) is 6.10 Å². The fourth-order valence-electron chi connectivity index (χ4n) is 4.96. The van der Waals surface area contributed by atoms with Crippen LogP contribution in [0, 0.1) is 0 Å². The summed E-state index contributed by atoms with van der Waals surface area (Å²) in [6.07, 6.45) is 12.1. The molecular formula is C21H23NO. The molecule has 1 saturated carbocycles. The second-order valence-corrected chi connectivity index (χ2v) is 7.33. The molecule has 2 heteroatoms. The van der Waals surface area contributed by atoms with Crippen molar-refractivity contribution in [3.05, 3.63) is 64.5 Å². The van der Waals surface area contributed by atoms with Gasteiger partial charge in [-0.2, -0.15) is 0 Å². The predicted octanol–water partition coefficient (Wildman–Crippen LogP) is 4.85. The standard InChI is InChI=1S/C21H23NO/c1-2-8-15(9-3-1)20-17-14-22-18-11-5-4-10-16(18)19(17)21(23-20)12-6-7-13-21/h1-3,8-9,14,20H,4-7,10-13H2.